The second-order valence-corrected chi connectivity index (χ2v) is 2.99. The van der Waals surface area contributed by atoms with E-state index >= 15 is 0 Å². The van der Waals surface area contributed by atoms with Crippen molar-refractivity contribution in [3.8, 4) is 5.75 Å². The molecule has 0 bridgehead atoms. The maximum atomic E-state index is 13.3. The van der Waals surface area contributed by atoms with Gasteiger partial charge in [0, 0.05) is 0 Å². The Bertz CT molecular complexity index is 333. The molecule has 2 N–H and O–H groups in total. The van der Waals surface area contributed by atoms with E-state index in [1.807, 2.05) is 0 Å². The molecule has 76 valence electrons. The quantitative estimate of drug-likeness (QED) is 0.729. The molecule has 0 spiro atoms. The minimum Gasteiger partial charge on any atom is -0.494 e. The van der Waals surface area contributed by atoms with Crippen LogP contribution < -0.4 is 10.2 Å². The summed E-state index contributed by atoms with van der Waals surface area (Å²) in [5.74, 6) is -0.781. The van der Waals surface area contributed by atoms with E-state index in [1.165, 1.54) is 12.1 Å². The van der Waals surface area contributed by atoms with E-state index in [9.17, 15) is 4.39 Å². The van der Waals surface area contributed by atoms with Gasteiger partial charge in [-0.1, -0.05) is 11.6 Å². The number of benzene rings is 1. The largest absolute Gasteiger partial charge is 0.495 e. The van der Waals surface area contributed by atoms with Crippen LogP contribution in [-0.2, 0) is 0 Å². The molecule has 0 fully saturated rings. The van der Waals surface area contributed by atoms with Crippen molar-refractivity contribution >= 4 is 24.2 Å². The highest BCUT2D eigenvalue weighted by Crippen LogP contribution is 2.18. The van der Waals surface area contributed by atoms with Gasteiger partial charge in [-0.25, -0.2) is 4.39 Å². The lowest BCUT2D eigenvalue weighted by atomic mass is 9.79. The Kier molecular flexibility index (Phi) is 3.74. The van der Waals surface area contributed by atoms with Gasteiger partial charge in [-0.05, 0) is 19.1 Å². The number of ether oxygens (including phenoxy) is 1. The Morgan fingerprint density at radius 1 is 1.50 bits per heavy atom. The zero-order valence-electron chi connectivity index (χ0n) is 7.50. The van der Waals surface area contributed by atoms with E-state index in [0.29, 0.717) is 6.61 Å². The topological polar surface area (TPSA) is 49.7 Å². The smallest absolute Gasteiger partial charge is 0.494 e. The second-order valence-electron chi connectivity index (χ2n) is 2.58. The molecule has 1 rings (SSSR count). The number of rotatable bonds is 3. The average molecular weight is 218 g/mol. The van der Waals surface area contributed by atoms with Crippen LogP contribution in [0.5, 0.6) is 5.75 Å². The third-order valence-corrected chi connectivity index (χ3v) is 1.94. The first-order valence-corrected chi connectivity index (χ1v) is 4.42. The highest BCUT2D eigenvalue weighted by molar-refractivity contribution is 6.60. The fraction of sp³-hybridized carbons (Fsp3) is 0.250. The third-order valence-electron chi connectivity index (χ3n) is 1.65. The summed E-state index contributed by atoms with van der Waals surface area (Å²) in [6.07, 6.45) is 0. The van der Waals surface area contributed by atoms with Gasteiger partial charge >= 0.3 is 7.12 Å². The summed E-state index contributed by atoms with van der Waals surface area (Å²) in [6.45, 7) is 2.01. The number of halogens is 2. The average Bonchev–Trinajstić information content (AvgIpc) is 2.11. The Labute approximate surface area is 86.2 Å². The zero-order chi connectivity index (χ0) is 10.7. The highest BCUT2D eigenvalue weighted by atomic mass is 35.5. The minimum absolute atomic E-state index is 0.0874. The van der Waals surface area contributed by atoms with Gasteiger partial charge < -0.3 is 14.8 Å². The molecule has 3 nitrogen and oxygen atoms in total. The molecule has 0 saturated heterocycles. The van der Waals surface area contributed by atoms with Gasteiger partial charge in [0.2, 0.25) is 0 Å². The van der Waals surface area contributed by atoms with Crippen LogP contribution in [0.4, 0.5) is 4.39 Å². The predicted octanol–water partition coefficient (Wildman–Crippen LogP) is 0.558. The molecule has 0 heterocycles. The van der Waals surface area contributed by atoms with Gasteiger partial charge in [0.15, 0.2) is 0 Å². The molecule has 0 aromatic heterocycles. The minimum atomic E-state index is -1.93. The Hall–Kier alpha value is -0.775. The first kappa shape index (κ1) is 11.3. The molecule has 0 radical (unpaired) electrons. The van der Waals surface area contributed by atoms with Gasteiger partial charge in [-0.2, -0.15) is 0 Å². The van der Waals surface area contributed by atoms with Crippen LogP contribution in [0.25, 0.3) is 0 Å². The summed E-state index contributed by atoms with van der Waals surface area (Å²) in [6, 6.07) is 2.69. The molecular weight excluding hydrogens is 209 g/mol. The molecule has 14 heavy (non-hydrogen) atoms. The summed E-state index contributed by atoms with van der Waals surface area (Å²) in [5, 5.41) is 17.7. The molecule has 0 aliphatic heterocycles. The van der Waals surface area contributed by atoms with E-state index in [1.54, 1.807) is 6.92 Å². The van der Waals surface area contributed by atoms with Gasteiger partial charge in [0.05, 0.1) is 17.1 Å². The molecule has 0 aliphatic carbocycles. The molecule has 0 aliphatic rings. The van der Waals surface area contributed by atoms with E-state index in [4.69, 9.17) is 26.4 Å². The lowest BCUT2D eigenvalue weighted by molar-refractivity contribution is 0.338. The maximum absolute atomic E-state index is 13.3. The first-order chi connectivity index (χ1) is 6.57. The van der Waals surface area contributed by atoms with E-state index in [-0.39, 0.29) is 16.2 Å². The summed E-state index contributed by atoms with van der Waals surface area (Å²) < 4.78 is 18.3. The van der Waals surface area contributed by atoms with Crippen LogP contribution in [0, 0.1) is 5.82 Å². The van der Waals surface area contributed by atoms with Crippen molar-refractivity contribution in [1.82, 2.24) is 0 Å². The Balaban J connectivity index is 3.23. The lowest BCUT2D eigenvalue weighted by Gasteiger charge is -2.10. The summed E-state index contributed by atoms with van der Waals surface area (Å²) in [5.41, 5.74) is -0.334. The second kappa shape index (κ2) is 4.64. The van der Waals surface area contributed by atoms with Crippen molar-refractivity contribution in [3.63, 3.8) is 0 Å². The van der Waals surface area contributed by atoms with Crippen molar-refractivity contribution in [3.05, 3.63) is 23.0 Å². The van der Waals surface area contributed by atoms with Crippen LogP contribution in [0.2, 0.25) is 5.02 Å². The summed E-state index contributed by atoms with van der Waals surface area (Å²) in [7, 11) is -1.93. The fourth-order valence-electron chi connectivity index (χ4n) is 1.07. The first-order valence-electron chi connectivity index (χ1n) is 4.04. The van der Waals surface area contributed by atoms with Crippen LogP contribution in [-0.4, -0.2) is 23.8 Å². The van der Waals surface area contributed by atoms with Crippen LogP contribution in [0.1, 0.15) is 6.92 Å². The number of hydrogen-bond donors (Lipinski definition) is 2. The van der Waals surface area contributed by atoms with E-state index in [2.05, 4.69) is 0 Å². The summed E-state index contributed by atoms with van der Waals surface area (Å²) in [4.78, 5) is 0. The zero-order valence-corrected chi connectivity index (χ0v) is 8.25. The highest BCUT2D eigenvalue weighted by Gasteiger charge is 2.24. The number of hydrogen-bond acceptors (Lipinski definition) is 3. The lowest BCUT2D eigenvalue weighted by Crippen LogP contribution is -2.34. The normalized spacial score (nSPS) is 10.1. The van der Waals surface area contributed by atoms with Gasteiger partial charge in [-0.3, -0.25) is 0 Å². The maximum Gasteiger partial charge on any atom is 0.495 e. The van der Waals surface area contributed by atoms with E-state index in [0.717, 1.165) is 0 Å². The Morgan fingerprint density at radius 3 is 2.64 bits per heavy atom. The molecule has 0 saturated carbocycles. The molecule has 0 atom stereocenters. The third kappa shape index (κ3) is 2.18. The predicted molar refractivity (Wildman–Crippen MR) is 52.4 cm³/mol. The van der Waals surface area contributed by atoms with Crippen molar-refractivity contribution in [2.24, 2.45) is 0 Å². The van der Waals surface area contributed by atoms with E-state index < -0.39 is 12.9 Å². The van der Waals surface area contributed by atoms with Crippen molar-refractivity contribution in [2.45, 2.75) is 6.92 Å². The molecule has 1 aromatic carbocycles. The fourth-order valence-corrected chi connectivity index (χ4v) is 1.24. The van der Waals surface area contributed by atoms with Crippen molar-refractivity contribution < 1.29 is 19.2 Å². The molecular formula is C8H9BClFO3. The monoisotopic (exact) mass is 218 g/mol. The van der Waals surface area contributed by atoms with Gasteiger partial charge in [-0.15, -0.1) is 0 Å². The van der Waals surface area contributed by atoms with Crippen LogP contribution >= 0.6 is 11.6 Å². The SMILES string of the molecule is CCOc1ccc(Cl)c(F)c1B(O)O. The van der Waals surface area contributed by atoms with Crippen LogP contribution in [0.3, 0.4) is 0 Å². The van der Waals surface area contributed by atoms with Crippen LogP contribution in [0.15, 0.2) is 12.1 Å². The van der Waals surface area contributed by atoms with Crippen molar-refractivity contribution in [1.29, 1.82) is 0 Å². The Morgan fingerprint density at radius 2 is 2.14 bits per heavy atom. The van der Waals surface area contributed by atoms with Gasteiger partial charge in [0.1, 0.15) is 11.6 Å². The molecule has 0 unspecified atom stereocenters. The van der Waals surface area contributed by atoms with Gasteiger partial charge in [0.25, 0.3) is 0 Å². The standard InChI is InChI=1S/C8H9BClFO3/c1-2-14-6-4-3-5(10)8(11)7(6)9(12)13/h3-4,12-13H,2H2,1H3. The molecule has 0 amide bonds. The van der Waals surface area contributed by atoms with Crippen molar-refractivity contribution in [2.75, 3.05) is 6.61 Å². The summed E-state index contributed by atoms with van der Waals surface area (Å²) >= 11 is 5.48. The molecule has 6 heteroatoms. The molecule has 1 aromatic rings.